The van der Waals surface area contributed by atoms with E-state index in [1.807, 2.05) is 33.2 Å². The van der Waals surface area contributed by atoms with Gasteiger partial charge in [0.2, 0.25) is 10.0 Å². The van der Waals surface area contributed by atoms with E-state index in [0.717, 1.165) is 16.8 Å². The molecule has 2 aromatic rings. The van der Waals surface area contributed by atoms with Crippen molar-refractivity contribution in [3.63, 3.8) is 0 Å². The van der Waals surface area contributed by atoms with Crippen molar-refractivity contribution in [3.05, 3.63) is 47.3 Å². The zero-order valence-corrected chi connectivity index (χ0v) is 15.1. The molecule has 3 rings (SSSR count). The van der Waals surface area contributed by atoms with Crippen LogP contribution < -0.4 is 0 Å². The van der Waals surface area contributed by atoms with Gasteiger partial charge < -0.3 is 4.74 Å². The summed E-state index contributed by atoms with van der Waals surface area (Å²) in [7, 11) is -1.74. The molecule has 1 atom stereocenters. The van der Waals surface area contributed by atoms with Crippen LogP contribution >= 0.6 is 0 Å². The van der Waals surface area contributed by atoms with Crippen LogP contribution in [0.15, 0.2) is 35.4 Å². The number of benzene rings is 1. The fourth-order valence-corrected chi connectivity index (χ4v) is 4.91. The average molecular weight is 349 g/mol. The van der Waals surface area contributed by atoms with E-state index in [0.29, 0.717) is 31.1 Å². The van der Waals surface area contributed by atoms with Crippen LogP contribution in [0.1, 0.15) is 29.8 Å². The van der Waals surface area contributed by atoms with Gasteiger partial charge in [0.05, 0.1) is 29.4 Å². The summed E-state index contributed by atoms with van der Waals surface area (Å²) < 4.78 is 35.3. The van der Waals surface area contributed by atoms with Crippen molar-refractivity contribution in [2.45, 2.75) is 31.2 Å². The second-order valence-electron chi connectivity index (χ2n) is 6.04. The molecule has 2 heterocycles. The summed E-state index contributed by atoms with van der Waals surface area (Å²) in [5.74, 6) is 0. The molecule has 24 heavy (non-hydrogen) atoms. The summed E-state index contributed by atoms with van der Waals surface area (Å²) in [6, 6.07) is 6.68. The smallest absolute Gasteiger partial charge is 0.243 e. The van der Waals surface area contributed by atoms with Gasteiger partial charge in [-0.25, -0.2) is 8.42 Å². The van der Waals surface area contributed by atoms with Crippen molar-refractivity contribution in [3.8, 4) is 0 Å². The number of aromatic nitrogens is 2. The molecule has 0 aliphatic carbocycles. The third kappa shape index (κ3) is 2.99. The number of nitrogens with zero attached hydrogens (tertiary/aromatic N) is 3. The minimum atomic E-state index is -3.59. The van der Waals surface area contributed by atoms with Gasteiger partial charge in [0.15, 0.2) is 0 Å². The molecule has 1 aromatic carbocycles. The Bertz CT molecular complexity index is 829. The van der Waals surface area contributed by atoms with Gasteiger partial charge in [0.1, 0.15) is 0 Å². The van der Waals surface area contributed by atoms with Crippen molar-refractivity contribution in [1.82, 2.24) is 14.1 Å². The number of hydrogen-bond acceptors (Lipinski definition) is 4. The quantitative estimate of drug-likeness (QED) is 0.829. The van der Waals surface area contributed by atoms with E-state index in [2.05, 4.69) is 5.10 Å². The zero-order chi connectivity index (χ0) is 17.3. The molecule has 7 heteroatoms. The second kappa shape index (κ2) is 6.66. The molecule has 0 radical (unpaired) electrons. The number of fused-ring (bicyclic) bond motifs is 1. The van der Waals surface area contributed by atoms with Crippen molar-refractivity contribution >= 4 is 10.0 Å². The van der Waals surface area contributed by atoms with Crippen LogP contribution in [0.2, 0.25) is 0 Å². The van der Waals surface area contributed by atoms with E-state index in [1.54, 1.807) is 27.2 Å². The van der Waals surface area contributed by atoms with E-state index < -0.39 is 10.0 Å². The van der Waals surface area contributed by atoms with E-state index in [1.165, 1.54) is 0 Å². The minimum Gasteiger partial charge on any atom is -0.380 e. The first-order valence-electron chi connectivity index (χ1n) is 8.12. The number of rotatable bonds is 5. The van der Waals surface area contributed by atoms with Crippen molar-refractivity contribution in [2.24, 2.45) is 7.05 Å². The standard InChI is InChI=1S/C17H23N3O3S/c1-4-23-12-16-17-14(11-18-19(17)3)8-9-20(16)24(21,22)15-7-5-6-13(2)10-15/h5-7,10-11,16H,4,8-9,12H2,1-3H3/t16-/m0/s1. The molecular weight excluding hydrogens is 326 g/mol. The molecule has 0 bridgehead atoms. The maximum Gasteiger partial charge on any atom is 0.243 e. The summed E-state index contributed by atoms with van der Waals surface area (Å²) in [5.41, 5.74) is 2.94. The zero-order valence-electron chi connectivity index (χ0n) is 14.3. The van der Waals surface area contributed by atoms with E-state index in [9.17, 15) is 8.42 Å². The van der Waals surface area contributed by atoms with Crippen molar-refractivity contribution in [1.29, 1.82) is 0 Å². The van der Waals surface area contributed by atoms with Crippen molar-refractivity contribution < 1.29 is 13.2 Å². The number of ether oxygens (including phenoxy) is 1. The highest BCUT2D eigenvalue weighted by Crippen LogP contribution is 2.34. The molecule has 130 valence electrons. The number of sulfonamides is 1. The summed E-state index contributed by atoms with van der Waals surface area (Å²) >= 11 is 0. The van der Waals surface area contributed by atoms with Gasteiger partial charge >= 0.3 is 0 Å². The van der Waals surface area contributed by atoms with E-state index in [4.69, 9.17) is 4.74 Å². The molecule has 0 spiro atoms. The summed E-state index contributed by atoms with van der Waals surface area (Å²) in [5, 5.41) is 4.30. The molecule has 0 fully saturated rings. The Balaban J connectivity index is 2.04. The first-order valence-corrected chi connectivity index (χ1v) is 9.56. The first kappa shape index (κ1) is 17.1. The van der Waals surface area contributed by atoms with Gasteiger partial charge in [-0.3, -0.25) is 4.68 Å². The number of aryl methyl sites for hydroxylation is 2. The molecular formula is C17H23N3O3S. The third-order valence-electron chi connectivity index (χ3n) is 4.41. The lowest BCUT2D eigenvalue weighted by Crippen LogP contribution is -2.42. The maximum atomic E-state index is 13.2. The molecule has 6 nitrogen and oxygen atoms in total. The van der Waals surface area contributed by atoms with Gasteiger partial charge in [-0.05, 0) is 43.5 Å². The van der Waals surface area contributed by atoms with Gasteiger partial charge in [0, 0.05) is 20.2 Å². The highest BCUT2D eigenvalue weighted by atomic mass is 32.2. The van der Waals surface area contributed by atoms with Crippen LogP contribution in [-0.4, -0.2) is 42.3 Å². The Kier molecular flexibility index (Phi) is 4.76. The Labute approximate surface area is 143 Å². The molecule has 1 aromatic heterocycles. The van der Waals surface area contributed by atoms with E-state index >= 15 is 0 Å². The fraction of sp³-hybridized carbons (Fsp3) is 0.471. The van der Waals surface area contributed by atoms with Crippen LogP contribution in [0.5, 0.6) is 0 Å². The van der Waals surface area contributed by atoms with Gasteiger partial charge in [-0.1, -0.05) is 12.1 Å². The maximum absolute atomic E-state index is 13.2. The summed E-state index contributed by atoms with van der Waals surface area (Å²) in [6.07, 6.45) is 2.49. The van der Waals surface area contributed by atoms with E-state index in [-0.39, 0.29) is 6.04 Å². The van der Waals surface area contributed by atoms with Crippen molar-refractivity contribution in [2.75, 3.05) is 19.8 Å². The normalized spacial score (nSPS) is 18.5. The Morgan fingerprint density at radius 1 is 1.38 bits per heavy atom. The third-order valence-corrected chi connectivity index (χ3v) is 6.31. The van der Waals surface area contributed by atoms with Crippen LogP contribution in [0.25, 0.3) is 0 Å². The SMILES string of the molecule is CCOC[C@H]1c2c(cnn2C)CCN1S(=O)(=O)c1cccc(C)c1. The van der Waals surface area contributed by atoms with Crippen LogP contribution in [-0.2, 0) is 28.2 Å². The van der Waals surface area contributed by atoms with Gasteiger partial charge in [0.25, 0.3) is 0 Å². The van der Waals surface area contributed by atoms with Gasteiger partial charge in [-0.2, -0.15) is 9.40 Å². The summed E-state index contributed by atoms with van der Waals surface area (Å²) in [6.45, 7) is 5.11. The fourth-order valence-electron chi connectivity index (χ4n) is 3.23. The predicted molar refractivity (Wildman–Crippen MR) is 91.2 cm³/mol. The average Bonchev–Trinajstić information content (AvgIpc) is 2.94. The first-order chi connectivity index (χ1) is 11.4. The lowest BCUT2D eigenvalue weighted by molar-refractivity contribution is 0.0905. The lowest BCUT2D eigenvalue weighted by atomic mass is 10.0. The Hall–Kier alpha value is -1.70. The molecule has 1 aliphatic heterocycles. The Morgan fingerprint density at radius 2 is 2.17 bits per heavy atom. The molecule has 0 unspecified atom stereocenters. The summed E-state index contributed by atoms with van der Waals surface area (Å²) in [4.78, 5) is 0.328. The molecule has 0 saturated heterocycles. The molecule has 1 aliphatic rings. The highest BCUT2D eigenvalue weighted by Gasteiger charge is 2.38. The number of hydrogen-bond donors (Lipinski definition) is 0. The lowest BCUT2D eigenvalue weighted by Gasteiger charge is -2.35. The molecule has 0 N–H and O–H groups in total. The topological polar surface area (TPSA) is 64.4 Å². The minimum absolute atomic E-state index is 0.327. The van der Waals surface area contributed by atoms with Crippen LogP contribution in [0.4, 0.5) is 0 Å². The van der Waals surface area contributed by atoms with Crippen LogP contribution in [0.3, 0.4) is 0 Å². The Morgan fingerprint density at radius 3 is 2.88 bits per heavy atom. The van der Waals surface area contributed by atoms with Crippen LogP contribution in [0, 0.1) is 6.92 Å². The molecule has 0 saturated carbocycles. The highest BCUT2D eigenvalue weighted by molar-refractivity contribution is 7.89. The second-order valence-corrected chi connectivity index (χ2v) is 7.93. The predicted octanol–water partition coefficient (Wildman–Crippen LogP) is 2.05. The molecule has 0 amide bonds. The largest absolute Gasteiger partial charge is 0.380 e. The van der Waals surface area contributed by atoms with Gasteiger partial charge in [-0.15, -0.1) is 0 Å². The monoisotopic (exact) mass is 349 g/mol.